The minimum absolute atomic E-state index is 0.147. The molecule has 2 heterocycles. The Balaban J connectivity index is 1.88. The van der Waals surface area contributed by atoms with Crippen LogP contribution in [0, 0.1) is 0 Å². The lowest BCUT2D eigenvalue weighted by Gasteiger charge is -2.24. The van der Waals surface area contributed by atoms with Crippen molar-refractivity contribution in [3.63, 3.8) is 0 Å². The number of benzene rings is 2. The number of phenols is 1. The Labute approximate surface area is 200 Å². The van der Waals surface area contributed by atoms with Gasteiger partial charge in [0.05, 0.1) is 28.5 Å². The van der Waals surface area contributed by atoms with Gasteiger partial charge in [0, 0.05) is 0 Å². The van der Waals surface area contributed by atoms with E-state index in [0.717, 1.165) is 11.1 Å². The number of fused-ring (bicyclic) bond motifs is 1. The molecule has 0 amide bonds. The number of carbonyl (C=O) groups excluding carboxylic acids is 1. The second-order valence-corrected chi connectivity index (χ2v) is 8.57. The zero-order chi connectivity index (χ0) is 24.2. The normalized spacial score (nSPS) is 15.5. The molecule has 1 aliphatic heterocycles. The van der Waals surface area contributed by atoms with Crippen molar-refractivity contribution in [1.82, 2.24) is 4.57 Å². The largest absolute Gasteiger partial charge is 0.508 e. The molecule has 1 unspecified atom stereocenters. The van der Waals surface area contributed by atoms with E-state index in [0.29, 0.717) is 33.0 Å². The summed E-state index contributed by atoms with van der Waals surface area (Å²) in [5.41, 5.74) is 2.08. The molecule has 1 aromatic heterocycles. The van der Waals surface area contributed by atoms with Crippen LogP contribution in [0.2, 0.25) is 0 Å². The van der Waals surface area contributed by atoms with Gasteiger partial charge in [0.15, 0.2) is 4.80 Å². The molecule has 8 heteroatoms. The van der Waals surface area contributed by atoms with Gasteiger partial charge >= 0.3 is 5.97 Å². The van der Waals surface area contributed by atoms with Crippen LogP contribution in [0.5, 0.6) is 11.5 Å². The van der Waals surface area contributed by atoms with Crippen LogP contribution in [0.15, 0.2) is 82.2 Å². The number of aromatic nitrogens is 1. The molecule has 2 aromatic carbocycles. The Morgan fingerprint density at radius 1 is 1.21 bits per heavy atom. The van der Waals surface area contributed by atoms with Crippen LogP contribution in [0.1, 0.15) is 31.0 Å². The Morgan fingerprint density at radius 2 is 1.91 bits per heavy atom. The first-order valence-corrected chi connectivity index (χ1v) is 11.6. The van der Waals surface area contributed by atoms with Crippen LogP contribution < -0.4 is 19.6 Å². The Bertz CT molecular complexity index is 1430. The fourth-order valence-corrected chi connectivity index (χ4v) is 4.78. The third kappa shape index (κ3) is 4.58. The molecule has 1 N–H and O–H groups in total. The first-order valence-electron chi connectivity index (χ1n) is 10.7. The van der Waals surface area contributed by atoms with E-state index in [2.05, 4.69) is 11.6 Å². The molecule has 4 rings (SSSR count). The van der Waals surface area contributed by atoms with Crippen molar-refractivity contribution in [3.8, 4) is 11.5 Å². The summed E-state index contributed by atoms with van der Waals surface area (Å²) in [5, 5.41) is 9.54. The number of rotatable bonds is 7. The van der Waals surface area contributed by atoms with E-state index in [1.165, 1.54) is 15.9 Å². The van der Waals surface area contributed by atoms with E-state index in [-0.39, 0.29) is 17.9 Å². The first kappa shape index (κ1) is 23.3. The standard InChI is InChI=1S/C26H24N2O5S/c1-4-14-33-20-12-8-18(9-13-20)23-22(25(31)32-5-2)16(3)27-26-28(23)24(30)21(34-26)15-17-6-10-19(29)11-7-17/h4,6-13,15,23,29H,1,5,14H2,2-3H3. The van der Waals surface area contributed by atoms with Crippen LogP contribution in [0.3, 0.4) is 0 Å². The molecule has 34 heavy (non-hydrogen) atoms. The molecule has 0 radical (unpaired) electrons. The van der Waals surface area contributed by atoms with Crippen molar-refractivity contribution < 1.29 is 19.4 Å². The molecule has 0 spiro atoms. The monoisotopic (exact) mass is 476 g/mol. The molecular formula is C26H24N2O5S. The van der Waals surface area contributed by atoms with Gasteiger partial charge < -0.3 is 14.6 Å². The highest BCUT2D eigenvalue weighted by atomic mass is 32.1. The molecule has 0 fully saturated rings. The quantitative estimate of drug-likeness (QED) is 0.418. The van der Waals surface area contributed by atoms with Crippen LogP contribution >= 0.6 is 11.3 Å². The predicted molar refractivity (Wildman–Crippen MR) is 131 cm³/mol. The first-order chi connectivity index (χ1) is 16.4. The number of esters is 1. The molecule has 0 bridgehead atoms. The van der Waals surface area contributed by atoms with Gasteiger partial charge in [0.25, 0.3) is 5.56 Å². The molecule has 174 valence electrons. The summed E-state index contributed by atoms with van der Waals surface area (Å²) in [4.78, 5) is 31.5. The second-order valence-electron chi connectivity index (χ2n) is 7.56. The zero-order valence-corrected chi connectivity index (χ0v) is 19.7. The van der Waals surface area contributed by atoms with Crippen molar-refractivity contribution in [2.45, 2.75) is 19.9 Å². The van der Waals surface area contributed by atoms with E-state index < -0.39 is 12.0 Å². The number of aromatic hydroxyl groups is 1. The maximum atomic E-state index is 13.5. The SMILES string of the molecule is C=CCOc1ccc(C2C(C(=O)OCC)=C(C)N=c3sc(=Cc4ccc(O)cc4)c(=O)n32)cc1. The van der Waals surface area contributed by atoms with E-state index in [1.54, 1.807) is 62.4 Å². The van der Waals surface area contributed by atoms with Gasteiger partial charge in [-0.1, -0.05) is 48.3 Å². The minimum atomic E-state index is -0.689. The summed E-state index contributed by atoms with van der Waals surface area (Å²) < 4.78 is 12.9. The highest BCUT2D eigenvalue weighted by molar-refractivity contribution is 7.07. The molecule has 7 nitrogen and oxygen atoms in total. The van der Waals surface area contributed by atoms with Crippen molar-refractivity contribution in [2.75, 3.05) is 13.2 Å². The zero-order valence-electron chi connectivity index (χ0n) is 18.9. The highest BCUT2D eigenvalue weighted by Gasteiger charge is 2.33. The maximum Gasteiger partial charge on any atom is 0.338 e. The van der Waals surface area contributed by atoms with Gasteiger partial charge in [0.1, 0.15) is 18.1 Å². The van der Waals surface area contributed by atoms with Gasteiger partial charge in [-0.15, -0.1) is 0 Å². The summed E-state index contributed by atoms with van der Waals surface area (Å²) in [7, 11) is 0. The van der Waals surface area contributed by atoms with Crippen LogP contribution in [0.25, 0.3) is 6.08 Å². The summed E-state index contributed by atoms with van der Waals surface area (Å²) in [6.45, 7) is 7.72. The van der Waals surface area contributed by atoms with Crippen molar-refractivity contribution >= 4 is 23.4 Å². The Morgan fingerprint density at radius 3 is 2.56 bits per heavy atom. The fourth-order valence-electron chi connectivity index (χ4n) is 3.73. The third-order valence-electron chi connectivity index (χ3n) is 5.27. The van der Waals surface area contributed by atoms with Crippen molar-refractivity contribution in [2.24, 2.45) is 4.99 Å². The van der Waals surface area contributed by atoms with Crippen LogP contribution in [-0.2, 0) is 9.53 Å². The molecule has 0 saturated carbocycles. The van der Waals surface area contributed by atoms with E-state index in [1.807, 2.05) is 12.1 Å². The van der Waals surface area contributed by atoms with E-state index in [9.17, 15) is 14.7 Å². The smallest absolute Gasteiger partial charge is 0.338 e. The summed E-state index contributed by atoms with van der Waals surface area (Å²) >= 11 is 1.25. The number of allylic oxidation sites excluding steroid dienone is 1. The molecule has 0 saturated heterocycles. The summed E-state index contributed by atoms with van der Waals surface area (Å²) in [5.74, 6) is 0.296. The molecule has 0 aliphatic carbocycles. The van der Waals surface area contributed by atoms with Crippen molar-refractivity contribution in [3.05, 3.63) is 103 Å². The predicted octanol–water partition coefficient (Wildman–Crippen LogP) is 3.07. The van der Waals surface area contributed by atoms with Gasteiger partial charge in [-0.05, 0) is 55.3 Å². The number of carbonyl (C=O) groups is 1. The Kier molecular flexibility index (Phi) is 6.79. The van der Waals surface area contributed by atoms with Gasteiger partial charge in [-0.3, -0.25) is 9.36 Å². The topological polar surface area (TPSA) is 90.1 Å². The number of nitrogens with zero attached hydrogens (tertiary/aromatic N) is 2. The molecule has 1 atom stereocenters. The summed E-state index contributed by atoms with van der Waals surface area (Å²) in [6.07, 6.45) is 3.40. The maximum absolute atomic E-state index is 13.5. The average Bonchev–Trinajstić information content (AvgIpc) is 3.13. The number of thiazole rings is 1. The number of hydrogen-bond donors (Lipinski definition) is 1. The molecule has 1 aliphatic rings. The Hall–Kier alpha value is -3.91. The second kappa shape index (κ2) is 9.93. The lowest BCUT2D eigenvalue weighted by molar-refractivity contribution is -0.139. The van der Waals surface area contributed by atoms with Gasteiger partial charge in [-0.2, -0.15) is 0 Å². The number of phenolic OH excluding ortho intramolecular Hbond substituents is 1. The van der Waals surface area contributed by atoms with Crippen LogP contribution in [0.4, 0.5) is 0 Å². The number of ether oxygens (including phenoxy) is 2. The fraction of sp³-hybridized carbons (Fsp3) is 0.192. The lowest BCUT2D eigenvalue weighted by Crippen LogP contribution is -2.39. The average molecular weight is 477 g/mol. The van der Waals surface area contributed by atoms with E-state index >= 15 is 0 Å². The van der Waals surface area contributed by atoms with Crippen LogP contribution in [-0.4, -0.2) is 28.9 Å². The van der Waals surface area contributed by atoms with E-state index in [4.69, 9.17) is 9.47 Å². The molecular weight excluding hydrogens is 452 g/mol. The van der Waals surface area contributed by atoms with Crippen molar-refractivity contribution in [1.29, 1.82) is 0 Å². The van der Waals surface area contributed by atoms with Gasteiger partial charge in [0.2, 0.25) is 0 Å². The summed E-state index contributed by atoms with van der Waals surface area (Å²) in [6, 6.07) is 13.1. The minimum Gasteiger partial charge on any atom is -0.508 e. The molecule has 3 aromatic rings. The van der Waals surface area contributed by atoms with Gasteiger partial charge in [-0.25, -0.2) is 9.79 Å². The highest BCUT2D eigenvalue weighted by Crippen LogP contribution is 2.31. The third-order valence-corrected chi connectivity index (χ3v) is 6.25. The number of hydrogen-bond acceptors (Lipinski definition) is 7. The lowest BCUT2D eigenvalue weighted by atomic mass is 9.96.